The quantitative estimate of drug-likeness (QED) is 0.739. The van der Waals surface area contributed by atoms with Gasteiger partial charge in [0.1, 0.15) is 0 Å². The van der Waals surface area contributed by atoms with E-state index in [1.165, 1.54) is 12.3 Å². The summed E-state index contributed by atoms with van der Waals surface area (Å²) in [6, 6.07) is 2.48. The number of nitrogens with one attached hydrogen (secondary N) is 2. The molecule has 1 saturated heterocycles. The highest BCUT2D eigenvalue weighted by molar-refractivity contribution is 5.93. The number of amides is 2. The van der Waals surface area contributed by atoms with E-state index in [0.29, 0.717) is 18.5 Å². The number of aromatic nitrogens is 1. The Hall–Kier alpha value is -1.98. The van der Waals surface area contributed by atoms with Crippen molar-refractivity contribution in [1.82, 2.24) is 15.6 Å². The van der Waals surface area contributed by atoms with Gasteiger partial charge in [0.25, 0.3) is 5.91 Å². The molecule has 1 aliphatic heterocycles. The summed E-state index contributed by atoms with van der Waals surface area (Å²) in [5, 5.41) is 5.41. The van der Waals surface area contributed by atoms with Crippen molar-refractivity contribution in [2.75, 3.05) is 6.54 Å². The number of carbonyl (C=O) groups excluding carboxylic acids is 2. The molecule has 1 aliphatic rings. The average molecular weight is 237 g/mol. The minimum Gasteiger partial charge on any atom is -0.352 e. The maximum Gasteiger partial charge on any atom is 0.252 e. The van der Waals surface area contributed by atoms with E-state index in [1.807, 2.05) is 0 Å². The molecule has 5 nitrogen and oxygen atoms in total. The third kappa shape index (κ3) is 2.99. The van der Waals surface area contributed by atoms with Crippen LogP contribution in [0.3, 0.4) is 0 Å². The molecule has 2 rings (SSSR count). The minimum atomic E-state index is -0.621. The molecule has 1 aromatic heterocycles. The fourth-order valence-electron chi connectivity index (χ4n) is 1.66. The molecule has 2 N–H and O–H groups in total. The summed E-state index contributed by atoms with van der Waals surface area (Å²) in [4.78, 5) is 25.9. The highest BCUT2D eigenvalue weighted by Crippen LogP contribution is 2.05. The first-order valence-corrected chi connectivity index (χ1v) is 5.34. The van der Waals surface area contributed by atoms with Crippen LogP contribution in [-0.4, -0.2) is 29.4 Å². The third-order valence-electron chi connectivity index (χ3n) is 2.58. The van der Waals surface area contributed by atoms with E-state index in [0.717, 1.165) is 12.5 Å². The van der Waals surface area contributed by atoms with Gasteiger partial charge in [-0.1, -0.05) is 0 Å². The Kier molecular flexibility index (Phi) is 3.32. The summed E-state index contributed by atoms with van der Waals surface area (Å²) in [6.07, 6.45) is 2.40. The van der Waals surface area contributed by atoms with Crippen LogP contribution in [0.25, 0.3) is 0 Å². The van der Waals surface area contributed by atoms with Gasteiger partial charge < -0.3 is 10.6 Å². The Bertz CT molecular complexity index is 433. The zero-order valence-corrected chi connectivity index (χ0v) is 9.07. The largest absolute Gasteiger partial charge is 0.352 e. The van der Waals surface area contributed by atoms with Crippen LogP contribution in [0.4, 0.5) is 4.39 Å². The number of hydrogen-bond donors (Lipinski definition) is 2. The third-order valence-corrected chi connectivity index (χ3v) is 2.58. The Morgan fingerprint density at radius 1 is 1.59 bits per heavy atom. The van der Waals surface area contributed by atoms with Gasteiger partial charge in [-0.3, -0.25) is 9.59 Å². The van der Waals surface area contributed by atoms with Gasteiger partial charge in [0.2, 0.25) is 11.9 Å². The zero-order chi connectivity index (χ0) is 12.3. The molecule has 1 aromatic rings. The number of nitrogens with zero attached hydrogens (tertiary/aromatic N) is 1. The van der Waals surface area contributed by atoms with Gasteiger partial charge in [0.05, 0.1) is 5.56 Å². The number of hydrogen-bond acceptors (Lipinski definition) is 3. The molecule has 2 amide bonds. The summed E-state index contributed by atoms with van der Waals surface area (Å²) >= 11 is 0. The van der Waals surface area contributed by atoms with Crippen molar-refractivity contribution in [3.8, 4) is 0 Å². The van der Waals surface area contributed by atoms with E-state index in [9.17, 15) is 14.0 Å². The summed E-state index contributed by atoms with van der Waals surface area (Å²) in [5.41, 5.74) is 0.302. The van der Waals surface area contributed by atoms with Crippen molar-refractivity contribution < 1.29 is 14.0 Å². The van der Waals surface area contributed by atoms with Crippen LogP contribution in [0, 0.1) is 5.95 Å². The number of carbonyl (C=O) groups is 2. The van der Waals surface area contributed by atoms with E-state index in [-0.39, 0.29) is 17.9 Å². The van der Waals surface area contributed by atoms with Crippen molar-refractivity contribution in [3.05, 3.63) is 29.8 Å². The van der Waals surface area contributed by atoms with Gasteiger partial charge in [-0.05, 0) is 18.6 Å². The maximum absolute atomic E-state index is 12.5. The molecule has 1 atom stereocenters. The van der Waals surface area contributed by atoms with Gasteiger partial charge >= 0.3 is 0 Å². The first kappa shape index (κ1) is 11.5. The van der Waals surface area contributed by atoms with Crippen LogP contribution >= 0.6 is 0 Å². The molecule has 1 fully saturated rings. The van der Waals surface area contributed by atoms with Crippen molar-refractivity contribution in [2.24, 2.45) is 0 Å². The topological polar surface area (TPSA) is 71.1 Å². The second kappa shape index (κ2) is 4.90. The second-order valence-corrected chi connectivity index (χ2v) is 3.88. The lowest BCUT2D eigenvalue weighted by Gasteiger charge is -2.10. The lowest BCUT2D eigenvalue weighted by atomic mass is 10.2. The van der Waals surface area contributed by atoms with Crippen molar-refractivity contribution >= 4 is 11.8 Å². The molecule has 0 aliphatic carbocycles. The van der Waals surface area contributed by atoms with Crippen LogP contribution in [0.2, 0.25) is 0 Å². The number of halogens is 1. The molecule has 6 heteroatoms. The van der Waals surface area contributed by atoms with Crippen LogP contribution in [0.5, 0.6) is 0 Å². The normalized spacial score (nSPS) is 18.9. The van der Waals surface area contributed by atoms with Crippen LogP contribution in [0.1, 0.15) is 23.2 Å². The van der Waals surface area contributed by atoms with Gasteiger partial charge in [-0.25, -0.2) is 4.98 Å². The van der Waals surface area contributed by atoms with E-state index in [4.69, 9.17) is 0 Å². The van der Waals surface area contributed by atoms with Gasteiger partial charge in [0.15, 0.2) is 0 Å². The van der Waals surface area contributed by atoms with Gasteiger partial charge in [-0.15, -0.1) is 0 Å². The standard InChI is InChI=1S/C11H12FN3O2/c12-9-3-1-7(5-13-9)11(17)14-6-8-2-4-10(16)15-8/h1,3,5,8H,2,4,6H2,(H,14,17)(H,15,16). The van der Waals surface area contributed by atoms with Crippen LogP contribution < -0.4 is 10.6 Å². The van der Waals surface area contributed by atoms with Crippen molar-refractivity contribution in [2.45, 2.75) is 18.9 Å². The van der Waals surface area contributed by atoms with E-state index in [2.05, 4.69) is 15.6 Å². The van der Waals surface area contributed by atoms with E-state index >= 15 is 0 Å². The lowest BCUT2D eigenvalue weighted by molar-refractivity contribution is -0.119. The van der Waals surface area contributed by atoms with Crippen LogP contribution in [-0.2, 0) is 4.79 Å². The highest BCUT2D eigenvalue weighted by Gasteiger charge is 2.21. The number of pyridine rings is 1. The monoisotopic (exact) mass is 237 g/mol. The highest BCUT2D eigenvalue weighted by atomic mass is 19.1. The SMILES string of the molecule is O=C1CCC(CNC(=O)c2ccc(F)nc2)N1. The van der Waals surface area contributed by atoms with Crippen molar-refractivity contribution in [1.29, 1.82) is 0 Å². The predicted octanol–water partition coefficient (Wildman–Crippen LogP) is 0.229. The van der Waals surface area contributed by atoms with Crippen LogP contribution in [0.15, 0.2) is 18.3 Å². The molecule has 1 unspecified atom stereocenters. The molecule has 2 heterocycles. The Labute approximate surface area is 97.4 Å². The van der Waals surface area contributed by atoms with Gasteiger partial charge in [0, 0.05) is 25.2 Å². The second-order valence-electron chi connectivity index (χ2n) is 3.88. The maximum atomic E-state index is 12.5. The average Bonchev–Trinajstić information content (AvgIpc) is 2.73. The lowest BCUT2D eigenvalue weighted by Crippen LogP contribution is -2.38. The first-order chi connectivity index (χ1) is 8.15. The summed E-state index contributed by atoms with van der Waals surface area (Å²) in [7, 11) is 0. The molecule has 0 radical (unpaired) electrons. The Morgan fingerprint density at radius 2 is 2.41 bits per heavy atom. The number of rotatable bonds is 3. The summed E-state index contributed by atoms with van der Waals surface area (Å²) in [6.45, 7) is 0.377. The molecule has 90 valence electrons. The first-order valence-electron chi connectivity index (χ1n) is 5.34. The minimum absolute atomic E-state index is 0.00713. The molecule has 0 bridgehead atoms. The summed E-state index contributed by atoms with van der Waals surface area (Å²) in [5.74, 6) is -0.934. The Balaban J connectivity index is 1.85. The fourth-order valence-corrected chi connectivity index (χ4v) is 1.66. The van der Waals surface area contributed by atoms with E-state index in [1.54, 1.807) is 0 Å². The van der Waals surface area contributed by atoms with E-state index < -0.39 is 5.95 Å². The van der Waals surface area contributed by atoms with Gasteiger partial charge in [-0.2, -0.15) is 4.39 Å². The zero-order valence-electron chi connectivity index (χ0n) is 9.07. The predicted molar refractivity (Wildman–Crippen MR) is 57.7 cm³/mol. The summed E-state index contributed by atoms with van der Waals surface area (Å²) < 4.78 is 12.5. The molecular weight excluding hydrogens is 225 g/mol. The smallest absolute Gasteiger partial charge is 0.252 e. The molecule has 17 heavy (non-hydrogen) atoms. The molecule has 0 saturated carbocycles. The Morgan fingerprint density at radius 3 is 3.00 bits per heavy atom. The molecule has 0 aromatic carbocycles. The molecular formula is C11H12FN3O2. The van der Waals surface area contributed by atoms with Crippen molar-refractivity contribution in [3.63, 3.8) is 0 Å². The fraction of sp³-hybridized carbons (Fsp3) is 0.364. The molecule has 0 spiro atoms.